The minimum Gasteiger partial charge on any atom is -0.364 e. The van der Waals surface area contributed by atoms with E-state index in [1.54, 1.807) is 0 Å². The second-order valence-corrected chi connectivity index (χ2v) is 4.71. The monoisotopic (exact) mass is 329 g/mol. The van der Waals surface area contributed by atoms with Crippen molar-refractivity contribution in [1.29, 1.82) is 0 Å². The molecule has 18 heavy (non-hydrogen) atoms. The molecule has 0 fully saturated rings. The van der Waals surface area contributed by atoms with Gasteiger partial charge in [-0.1, -0.05) is 11.6 Å². The van der Waals surface area contributed by atoms with Crippen LogP contribution in [0.3, 0.4) is 0 Å². The Bertz CT molecular complexity index is 690. The van der Waals surface area contributed by atoms with E-state index in [0.29, 0.717) is 4.47 Å². The number of benzene rings is 1. The molecule has 0 radical (unpaired) electrons. The number of non-ortho nitro benzene ring substituents is 1. The number of carbonyl (C=O) groups excluding carboxylic acids is 1. The summed E-state index contributed by atoms with van der Waals surface area (Å²) in [7, 11) is 0. The zero-order valence-electron chi connectivity index (χ0n) is 8.68. The molecule has 1 heterocycles. The molecule has 0 unspecified atom stereocenters. The molecule has 6 nitrogen and oxygen atoms in total. The number of nitrogens with two attached hydrogens (primary N) is 1. The lowest BCUT2D eigenvalue weighted by Crippen LogP contribution is -2.13. The van der Waals surface area contributed by atoms with Crippen molar-refractivity contribution < 1.29 is 9.72 Å². The zero-order chi connectivity index (χ0) is 13.4. The highest BCUT2D eigenvalue weighted by Gasteiger charge is 2.20. The van der Waals surface area contributed by atoms with Crippen molar-refractivity contribution in [2.45, 2.75) is 0 Å². The number of pyridine rings is 1. The van der Waals surface area contributed by atoms with Gasteiger partial charge in [-0.3, -0.25) is 14.9 Å². The van der Waals surface area contributed by atoms with E-state index in [9.17, 15) is 14.9 Å². The normalized spacial score (nSPS) is 10.6. The first-order valence-corrected chi connectivity index (χ1v) is 5.81. The van der Waals surface area contributed by atoms with Crippen LogP contribution in [0.1, 0.15) is 10.5 Å². The molecule has 2 N–H and O–H groups in total. The average Bonchev–Trinajstić information content (AvgIpc) is 2.27. The van der Waals surface area contributed by atoms with Crippen molar-refractivity contribution in [1.82, 2.24) is 4.98 Å². The summed E-state index contributed by atoms with van der Waals surface area (Å²) in [6.45, 7) is 0. The molecule has 0 atom stereocenters. The fourth-order valence-electron chi connectivity index (χ4n) is 1.63. The van der Waals surface area contributed by atoms with Crippen molar-refractivity contribution >= 4 is 49.9 Å². The molecule has 8 heteroatoms. The zero-order valence-corrected chi connectivity index (χ0v) is 11.0. The molecule has 0 spiro atoms. The maximum Gasteiger partial charge on any atom is 0.279 e. The summed E-state index contributed by atoms with van der Waals surface area (Å²) < 4.78 is 0.394. The molecule has 92 valence electrons. The number of halogens is 2. The van der Waals surface area contributed by atoms with E-state index >= 15 is 0 Å². The Morgan fingerprint density at radius 2 is 2.17 bits per heavy atom. The lowest BCUT2D eigenvalue weighted by Gasteiger charge is -2.06. The van der Waals surface area contributed by atoms with Crippen molar-refractivity contribution in [2.75, 3.05) is 0 Å². The predicted molar refractivity (Wildman–Crippen MR) is 69.6 cm³/mol. The highest BCUT2D eigenvalue weighted by Crippen LogP contribution is 2.35. The third-order valence-electron chi connectivity index (χ3n) is 2.31. The van der Waals surface area contributed by atoms with Crippen LogP contribution < -0.4 is 5.73 Å². The van der Waals surface area contributed by atoms with Gasteiger partial charge in [0.1, 0.15) is 5.69 Å². The number of rotatable bonds is 2. The van der Waals surface area contributed by atoms with Crippen LogP contribution in [0.25, 0.3) is 10.8 Å². The Labute approximate surface area is 114 Å². The SMILES string of the molecule is NC(=O)c1ncc(Br)c2c([N+](=O)[O-])cc(Cl)cc12. The van der Waals surface area contributed by atoms with Crippen molar-refractivity contribution in [3.63, 3.8) is 0 Å². The van der Waals surface area contributed by atoms with Crippen molar-refractivity contribution in [3.8, 4) is 0 Å². The standard InChI is InChI=1S/C10H5BrClN3O3/c11-6-3-14-9(10(13)16)5-1-4(12)2-7(8(5)6)15(17)18/h1-3H,(H2,13,16). The van der Waals surface area contributed by atoms with Crippen LogP contribution in [-0.4, -0.2) is 15.8 Å². The molecule has 1 aromatic carbocycles. The molecule has 0 aliphatic rings. The molecular formula is C10H5BrClN3O3. The number of hydrogen-bond donors (Lipinski definition) is 1. The van der Waals surface area contributed by atoms with Crippen LogP contribution in [-0.2, 0) is 0 Å². The summed E-state index contributed by atoms with van der Waals surface area (Å²) in [5.41, 5.74) is 4.91. The van der Waals surface area contributed by atoms with Gasteiger partial charge < -0.3 is 5.73 Å². The number of nitrogens with zero attached hydrogens (tertiary/aromatic N) is 2. The number of nitro groups is 1. The summed E-state index contributed by atoms with van der Waals surface area (Å²) in [4.78, 5) is 25.5. The highest BCUT2D eigenvalue weighted by molar-refractivity contribution is 9.10. The number of hydrogen-bond acceptors (Lipinski definition) is 4. The van der Waals surface area contributed by atoms with E-state index < -0.39 is 10.8 Å². The Hall–Kier alpha value is -1.73. The van der Waals surface area contributed by atoms with Crippen LogP contribution in [0.15, 0.2) is 22.8 Å². The molecule has 0 bridgehead atoms. The third-order valence-corrected chi connectivity index (χ3v) is 3.13. The van der Waals surface area contributed by atoms with E-state index in [1.165, 1.54) is 18.3 Å². The number of nitro benzene ring substituents is 1. The number of fused-ring (bicyclic) bond motifs is 1. The van der Waals surface area contributed by atoms with Gasteiger partial charge in [0.2, 0.25) is 0 Å². The molecule has 2 aromatic rings. The van der Waals surface area contributed by atoms with Gasteiger partial charge in [0.15, 0.2) is 0 Å². The van der Waals surface area contributed by atoms with Crippen molar-refractivity contribution in [2.24, 2.45) is 5.73 Å². The molecule has 2 rings (SSSR count). The second-order valence-electron chi connectivity index (χ2n) is 3.42. The summed E-state index contributed by atoms with van der Waals surface area (Å²) in [6.07, 6.45) is 1.29. The number of primary amides is 1. The van der Waals surface area contributed by atoms with E-state index in [0.717, 1.165) is 0 Å². The molecule has 1 amide bonds. The predicted octanol–water partition coefficient (Wildman–Crippen LogP) is 2.66. The minimum atomic E-state index is -0.774. The molecule has 0 aliphatic heterocycles. The van der Waals surface area contributed by atoms with E-state index in [2.05, 4.69) is 20.9 Å². The first kappa shape index (κ1) is 12.7. The van der Waals surface area contributed by atoms with Crippen molar-refractivity contribution in [3.05, 3.63) is 43.6 Å². The summed E-state index contributed by atoms with van der Waals surface area (Å²) in [6, 6.07) is 2.63. The minimum absolute atomic E-state index is 0.0567. The van der Waals surface area contributed by atoms with Gasteiger partial charge >= 0.3 is 0 Å². The topological polar surface area (TPSA) is 99.1 Å². The molecular weight excluding hydrogens is 325 g/mol. The van der Waals surface area contributed by atoms with Crippen LogP contribution in [0.5, 0.6) is 0 Å². The van der Waals surface area contributed by atoms with Gasteiger partial charge in [0.25, 0.3) is 11.6 Å². The van der Waals surface area contributed by atoms with E-state index in [1.807, 2.05) is 0 Å². The van der Waals surface area contributed by atoms with E-state index in [4.69, 9.17) is 17.3 Å². The first-order chi connectivity index (χ1) is 8.41. The van der Waals surface area contributed by atoms with Gasteiger partial charge in [0.05, 0.1) is 14.8 Å². The first-order valence-electron chi connectivity index (χ1n) is 4.63. The molecule has 1 aromatic heterocycles. The summed E-state index contributed by atoms with van der Waals surface area (Å²) >= 11 is 8.96. The Kier molecular flexibility index (Phi) is 3.18. The fraction of sp³-hybridized carbons (Fsp3) is 0. The van der Waals surface area contributed by atoms with Crippen LogP contribution in [0.2, 0.25) is 5.02 Å². The maximum atomic E-state index is 11.3. The van der Waals surface area contributed by atoms with Gasteiger partial charge in [-0.2, -0.15) is 0 Å². The fourth-order valence-corrected chi connectivity index (χ4v) is 2.36. The van der Waals surface area contributed by atoms with E-state index in [-0.39, 0.29) is 27.2 Å². The van der Waals surface area contributed by atoms with Crippen LogP contribution >= 0.6 is 27.5 Å². The number of carbonyl (C=O) groups is 1. The highest BCUT2D eigenvalue weighted by atomic mass is 79.9. The smallest absolute Gasteiger partial charge is 0.279 e. The Morgan fingerprint density at radius 1 is 1.50 bits per heavy atom. The third kappa shape index (κ3) is 2.02. The van der Waals surface area contributed by atoms with Gasteiger partial charge in [-0.05, 0) is 22.0 Å². The Balaban J connectivity index is 3.01. The van der Waals surface area contributed by atoms with Crippen LogP contribution in [0.4, 0.5) is 5.69 Å². The second kappa shape index (κ2) is 4.51. The number of aromatic nitrogens is 1. The lowest BCUT2D eigenvalue weighted by molar-refractivity contribution is -0.383. The molecule has 0 aliphatic carbocycles. The Morgan fingerprint density at radius 3 is 2.72 bits per heavy atom. The van der Waals surface area contributed by atoms with Gasteiger partial charge in [-0.25, -0.2) is 4.98 Å². The van der Waals surface area contributed by atoms with Gasteiger partial charge in [-0.15, -0.1) is 0 Å². The van der Waals surface area contributed by atoms with Crippen LogP contribution in [0, 0.1) is 10.1 Å². The summed E-state index contributed by atoms with van der Waals surface area (Å²) in [5.74, 6) is -0.774. The van der Waals surface area contributed by atoms with Gasteiger partial charge in [0, 0.05) is 22.7 Å². The summed E-state index contributed by atoms with van der Waals surface area (Å²) in [5, 5.41) is 11.6. The quantitative estimate of drug-likeness (QED) is 0.676. The molecule has 0 saturated heterocycles. The maximum absolute atomic E-state index is 11.3. The largest absolute Gasteiger partial charge is 0.364 e. The lowest BCUT2D eigenvalue weighted by atomic mass is 10.1. The molecule has 0 saturated carbocycles. The average molecular weight is 331 g/mol. The number of amides is 1.